The van der Waals surface area contributed by atoms with Crippen LogP contribution in [0.1, 0.15) is 23.6 Å². The zero-order valence-electron chi connectivity index (χ0n) is 16.5. The van der Waals surface area contributed by atoms with Crippen LogP contribution >= 0.6 is 11.3 Å². The van der Waals surface area contributed by atoms with Gasteiger partial charge in [0.25, 0.3) is 5.56 Å². The van der Waals surface area contributed by atoms with E-state index in [1.165, 1.54) is 5.69 Å². The number of fused-ring (bicyclic) bond motifs is 4. The maximum absolute atomic E-state index is 13.2. The summed E-state index contributed by atoms with van der Waals surface area (Å²) in [6, 6.07) is 4.21. The van der Waals surface area contributed by atoms with Gasteiger partial charge in [-0.25, -0.2) is 4.98 Å². The molecule has 2 aliphatic rings. The molecule has 152 valence electrons. The molecule has 3 aromatic rings. The Kier molecular flexibility index (Phi) is 4.92. The molecule has 5 rings (SSSR count). The third-order valence-electron chi connectivity index (χ3n) is 6.04. The molecule has 0 radical (unpaired) electrons. The summed E-state index contributed by atoms with van der Waals surface area (Å²) >= 11 is 1.59. The van der Waals surface area contributed by atoms with Crippen LogP contribution in [0.15, 0.2) is 41.2 Å². The molecule has 3 aromatic heterocycles. The van der Waals surface area contributed by atoms with Gasteiger partial charge in [0.05, 0.1) is 6.33 Å². The van der Waals surface area contributed by atoms with Gasteiger partial charge in [0, 0.05) is 68.8 Å². The Labute approximate surface area is 173 Å². The van der Waals surface area contributed by atoms with Crippen LogP contribution < -0.4 is 10.5 Å². The van der Waals surface area contributed by atoms with E-state index in [4.69, 9.17) is 0 Å². The van der Waals surface area contributed by atoms with Crippen LogP contribution in [0.2, 0.25) is 0 Å². The van der Waals surface area contributed by atoms with Gasteiger partial charge >= 0.3 is 0 Å². The minimum Gasteiger partial charge on any atom is -0.346 e. The Hall–Kier alpha value is -2.52. The quantitative estimate of drug-likeness (QED) is 0.614. The molecule has 8 nitrogen and oxygen atoms in total. The van der Waals surface area contributed by atoms with Crippen molar-refractivity contribution in [3.8, 4) is 0 Å². The normalized spacial score (nSPS) is 20.8. The minimum absolute atomic E-state index is 0.177. The highest BCUT2D eigenvalue weighted by molar-refractivity contribution is 7.13. The Morgan fingerprint density at radius 3 is 3.00 bits per heavy atom. The highest BCUT2D eigenvalue weighted by Crippen LogP contribution is 2.37. The van der Waals surface area contributed by atoms with Gasteiger partial charge in [0.1, 0.15) is 5.51 Å². The molecule has 0 saturated carbocycles. The maximum atomic E-state index is 13.2. The molecule has 1 fully saturated rings. The summed E-state index contributed by atoms with van der Waals surface area (Å²) in [5, 5.41) is 9.21. The number of hydrogen-bond donors (Lipinski definition) is 0. The Morgan fingerprint density at radius 1 is 1.28 bits per heavy atom. The Balaban J connectivity index is 1.31. The first-order chi connectivity index (χ1) is 14.2. The summed E-state index contributed by atoms with van der Waals surface area (Å²) in [6.45, 7) is 5.07. The third kappa shape index (κ3) is 3.72. The van der Waals surface area contributed by atoms with E-state index in [-0.39, 0.29) is 5.56 Å². The average Bonchev–Trinajstić information content (AvgIpc) is 3.43. The molecular formula is C20H25N7OS. The van der Waals surface area contributed by atoms with Crippen LogP contribution in [0.5, 0.6) is 0 Å². The Bertz CT molecular complexity index is 1010. The van der Waals surface area contributed by atoms with E-state index in [0.29, 0.717) is 18.4 Å². The van der Waals surface area contributed by atoms with Crippen LogP contribution in [-0.2, 0) is 19.6 Å². The maximum Gasteiger partial charge on any atom is 0.255 e. The van der Waals surface area contributed by atoms with Crippen molar-refractivity contribution >= 4 is 16.5 Å². The summed E-state index contributed by atoms with van der Waals surface area (Å²) in [7, 11) is 2.06. The lowest BCUT2D eigenvalue weighted by atomic mass is 9.83. The SMILES string of the molecule is CN(CCn1ccnc1)Cc1ccc2n(c1=O)C[C@H]1C[C@@H]2CN(c2nncs2)C1. The van der Waals surface area contributed by atoms with E-state index in [1.54, 1.807) is 23.0 Å². The minimum atomic E-state index is 0.177. The first-order valence-corrected chi connectivity index (χ1v) is 10.9. The summed E-state index contributed by atoms with van der Waals surface area (Å²) < 4.78 is 4.09. The molecule has 2 aliphatic heterocycles. The van der Waals surface area contributed by atoms with Crippen LogP contribution in [0.25, 0.3) is 0 Å². The molecule has 0 aromatic carbocycles. The smallest absolute Gasteiger partial charge is 0.255 e. The third-order valence-corrected chi connectivity index (χ3v) is 6.79. The molecule has 0 aliphatic carbocycles. The molecule has 2 bridgehead atoms. The van der Waals surface area contributed by atoms with Gasteiger partial charge in [0.15, 0.2) is 0 Å². The fourth-order valence-electron chi connectivity index (χ4n) is 4.65. The topological polar surface area (TPSA) is 72.1 Å². The highest BCUT2D eigenvalue weighted by atomic mass is 32.1. The fraction of sp³-hybridized carbons (Fsp3) is 0.500. The second-order valence-electron chi connectivity index (χ2n) is 8.16. The van der Waals surface area contributed by atoms with Crippen molar-refractivity contribution < 1.29 is 0 Å². The van der Waals surface area contributed by atoms with Crippen LogP contribution in [-0.4, -0.2) is 55.9 Å². The summed E-state index contributed by atoms with van der Waals surface area (Å²) in [5.74, 6) is 0.865. The molecule has 0 spiro atoms. The van der Waals surface area contributed by atoms with Crippen LogP contribution in [0.3, 0.4) is 0 Å². The number of hydrogen-bond acceptors (Lipinski definition) is 7. The van der Waals surface area contributed by atoms with Crippen molar-refractivity contribution in [1.29, 1.82) is 0 Å². The summed E-state index contributed by atoms with van der Waals surface area (Å²) in [4.78, 5) is 21.8. The molecule has 2 atom stereocenters. The first-order valence-electron chi connectivity index (χ1n) is 10.1. The number of pyridine rings is 1. The lowest BCUT2D eigenvalue weighted by molar-refractivity contribution is 0.276. The predicted molar refractivity (Wildman–Crippen MR) is 112 cm³/mol. The second kappa shape index (κ2) is 7.72. The van der Waals surface area contributed by atoms with E-state index in [1.807, 2.05) is 23.2 Å². The fourth-order valence-corrected chi connectivity index (χ4v) is 5.23. The van der Waals surface area contributed by atoms with Gasteiger partial charge in [-0.15, -0.1) is 10.2 Å². The van der Waals surface area contributed by atoms with Gasteiger partial charge in [-0.2, -0.15) is 0 Å². The van der Waals surface area contributed by atoms with Crippen molar-refractivity contribution in [2.45, 2.75) is 32.0 Å². The Morgan fingerprint density at radius 2 is 2.21 bits per heavy atom. The number of rotatable bonds is 6. The van der Waals surface area contributed by atoms with E-state index < -0.39 is 0 Å². The van der Waals surface area contributed by atoms with E-state index >= 15 is 0 Å². The lowest BCUT2D eigenvalue weighted by Crippen LogP contribution is -2.47. The molecule has 5 heterocycles. The van der Waals surface area contributed by atoms with Crippen molar-refractivity contribution in [1.82, 2.24) is 29.2 Å². The van der Waals surface area contributed by atoms with Crippen molar-refractivity contribution in [3.63, 3.8) is 0 Å². The van der Waals surface area contributed by atoms with E-state index in [9.17, 15) is 4.79 Å². The zero-order valence-corrected chi connectivity index (χ0v) is 17.3. The number of imidazole rings is 1. The lowest BCUT2D eigenvalue weighted by Gasteiger charge is -2.42. The van der Waals surface area contributed by atoms with Crippen LogP contribution in [0.4, 0.5) is 5.13 Å². The molecular weight excluding hydrogens is 386 g/mol. The average molecular weight is 412 g/mol. The molecule has 0 N–H and O–H groups in total. The van der Waals surface area contributed by atoms with Gasteiger partial charge in [0.2, 0.25) is 5.13 Å². The molecule has 0 unspecified atom stereocenters. The van der Waals surface area contributed by atoms with Crippen LogP contribution in [0, 0.1) is 5.92 Å². The number of anilines is 1. The van der Waals surface area contributed by atoms with Gasteiger partial charge < -0.3 is 18.9 Å². The monoisotopic (exact) mass is 411 g/mol. The van der Waals surface area contributed by atoms with Crippen molar-refractivity contribution in [2.24, 2.45) is 5.92 Å². The van der Waals surface area contributed by atoms with Crippen molar-refractivity contribution in [2.75, 3.05) is 31.6 Å². The second-order valence-corrected chi connectivity index (χ2v) is 8.97. The largest absolute Gasteiger partial charge is 0.346 e. The van der Waals surface area contributed by atoms with Gasteiger partial charge in [-0.05, 0) is 25.5 Å². The van der Waals surface area contributed by atoms with E-state index in [0.717, 1.165) is 49.8 Å². The zero-order chi connectivity index (χ0) is 19.8. The van der Waals surface area contributed by atoms with Gasteiger partial charge in [-0.3, -0.25) is 4.79 Å². The highest BCUT2D eigenvalue weighted by Gasteiger charge is 2.35. The number of piperidine rings is 1. The van der Waals surface area contributed by atoms with Gasteiger partial charge in [-0.1, -0.05) is 17.4 Å². The van der Waals surface area contributed by atoms with E-state index in [2.05, 4.69) is 42.7 Å². The number of aromatic nitrogens is 5. The summed E-state index contributed by atoms with van der Waals surface area (Å²) in [5.41, 5.74) is 4.01. The number of nitrogens with zero attached hydrogens (tertiary/aromatic N) is 7. The molecule has 9 heteroatoms. The molecule has 29 heavy (non-hydrogen) atoms. The molecule has 1 saturated heterocycles. The number of likely N-dealkylation sites (N-methyl/N-ethyl adjacent to an activating group) is 1. The predicted octanol–water partition coefficient (Wildman–Crippen LogP) is 1.65. The first kappa shape index (κ1) is 18.5. The van der Waals surface area contributed by atoms with Crippen molar-refractivity contribution in [3.05, 3.63) is 58.0 Å². The molecule has 0 amide bonds. The summed E-state index contributed by atoms with van der Waals surface area (Å²) in [6.07, 6.45) is 6.73. The standard InChI is InChI=1S/C20H25N7OS/c1-24(6-7-25-5-4-21-13-25)11-16-2-3-18-17-8-15(10-27(18)19(16)28)9-26(12-17)20-23-22-14-29-20/h2-5,13-15,17H,6-12H2,1H3/t15-,17+/m0/s1.